The highest BCUT2D eigenvalue weighted by atomic mass is 32.2. The Kier molecular flexibility index (Phi) is 4.23. The predicted octanol–water partition coefficient (Wildman–Crippen LogP) is -0.190. The Hall–Kier alpha value is -1.42. The lowest BCUT2D eigenvalue weighted by Crippen LogP contribution is -2.38. The summed E-state index contributed by atoms with van der Waals surface area (Å²) in [5, 5.41) is 4.30. The van der Waals surface area contributed by atoms with E-state index in [1.165, 1.54) is 4.90 Å². The van der Waals surface area contributed by atoms with Crippen LogP contribution in [-0.2, 0) is 19.7 Å². The van der Waals surface area contributed by atoms with Crippen LogP contribution in [-0.4, -0.2) is 73.5 Å². The molecular weight excluding hydrogens is 354 g/mol. The van der Waals surface area contributed by atoms with Crippen LogP contribution in [0.3, 0.4) is 0 Å². The summed E-state index contributed by atoms with van der Waals surface area (Å²) < 4.78 is 48.0. The van der Waals surface area contributed by atoms with Crippen LogP contribution in [0.15, 0.2) is 6.07 Å². The van der Waals surface area contributed by atoms with Crippen LogP contribution < -0.4 is 0 Å². The summed E-state index contributed by atoms with van der Waals surface area (Å²) in [4.78, 5) is 14.0. The lowest BCUT2D eigenvalue weighted by atomic mass is 10.2. The molecule has 8 nitrogen and oxygen atoms in total. The number of hydrogen-bond acceptors (Lipinski definition) is 6. The van der Waals surface area contributed by atoms with Crippen LogP contribution in [0.2, 0.25) is 0 Å². The molecular formula is C14H21N3O5S2. The molecule has 3 heterocycles. The lowest BCUT2D eigenvalue weighted by Gasteiger charge is -2.22. The van der Waals surface area contributed by atoms with Gasteiger partial charge < -0.3 is 4.90 Å². The van der Waals surface area contributed by atoms with Gasteiger partial charge in [-0.2, -0.15) is 5.10 Å². The number of nitrogens with zero attached hydrogens (tertiary/aromatic N) is 3. The average Bonchev–Trinajstić information content (AvgIpc) is 3.14. The van der Waals surface area contributed by atoms with E-state index in [1.807, 2.05) is 0 Å². The minimum Gasteiger partial charge on any atom is -0.336 e. The van der Waals surface area contributed by atoms with Crippen molar-refractivity contribution < 1.29 is 21.6 Å². The number of hydrogen-bond donors (Lipinski definition) is 0. The van der Waals surface area contributed by atoms with E-state index in [1.54, 1.807) is 24.7 Å². The molecule has 0 spiro atoms. The fourth-order valence-electron chi connectivity index (χ4n) is 3.36. The van der Waals surface area contributed by atoms with E-state index in [2.05, 4.69) is 5.10 Å². The Labute approximate surface area is 141 Å². The molecule has 1 aromatic heterocycles. The van der Waals surface area contributed by atoms with Crippen molar-refractivity contribution in [2.24, 2.45) is 0 Å². The minimum atomic E-state index is -3.07. The van der Waals surface area contributed by atoms with E-state index in [-0.39, 0.29) is 46.7 Å². The Morgan fingerprint density at radius 3 is 2.33 bits per heavy atom. The monoisotopic (exact) mass is 375 g/mol. The number of aromatic nitrogens is 2. The molecule has 10 heteroatoms. The number of aryl methyl sites for hydroxylation is 1. The second-order valence-electron chi connectivity index (χ2n) is 6.65. The molecule has 2 aliphatic rings. The molecule has 0 saturated carbocycles. The summed E-state index contributed by atoms with van der Waals surface area (Å²) in [5.41, 5.74) is 0.955. The maximum Gasteiger partial charge on any atom is 0.274 e. The summed E-state index contributed by atoms with van der Waals surface area (Å²) in [6.45, 7) is 1.79. The van der Waals surface area contributed by atoms with Gasteiger partial charge in [0.05, 0.1) is 29.1 Å². The highest BCUT2D eigenvalue weighted by Crippen LogP contribution is 2.25. The minimum absolute atomic E-state index is 0.0181. The van der Waals surface area contributed by atoms with E-state index >= 15 is 0 Å². The molecule has 24 heavy (non-hydrogen) atoms. The van der Waals surface area contributed by atoms with Crippen LogP contribution in [0, 0.1) is 6.92 Å². The van der Waals surface area contributed by atoms with Crippen molar-refractivity contribution in [1.29, 1.82) is 0 Å². The van der Waals surface area contributed by atoms with E-state index < -0.39 is 19.7 Å². The quantitative estimate of drug-likeness (QED) is 0.725. The highest BCUT2D eigenvalue weighted by Gasteiger charge is 2.35. The third kappa shape index (κ3) is 3.34. The normalized spacial score (nSPS) is 28.1. The van der Waals surface area contributed by atoms with Crippen LogP contribution in [0.25, 0.3) is 0 Å². The Morgan fingerprint density at radius 2 is 1.79 bits per heavy atom. The maximum absolute atomic E-state index is 12.6. The molecule has 2 fully saturated rings. The third-order valence-electron chi connectivity index (χ3n) is 4.77. The summed E-state index contributed by atoms with van der Waals surface area (Å²) in [6.07, 6.45) is 0.931. The molecule has 0 aliphatic carbocycles. The van der Waals surface area contributed by atoms with Gasteiger partial charge in [-0.15, -0.1) is 0 Å². The Morgan fingerprint density at radius 1 is 1.17 bits per heavy atom. The number of rotatable bonds is 3. The largest absolute Gasteiger partial charge is 0.336 e. The third-order valence-corrected chi connectivity index (χ3v) is 8.27. The highest BCUT2D eigenvalue weighted by molar-refractivity contribution is 7.91. The average molecular weight is 375 g/mol. The Balaban J connectivity index is 1.78. The molecule has 3 rings (SSSR count). The van der Waals surface area contributed by atoms with Gasteiger partial charge in [0.25, 0.3) is 5.91 Å². The van der Waals surface area contributed by atoms with Gasteiger partial charge in [0, 0.05) is 18.8 Å². The summed E-state index contributed by atoms with van der Waals surface area (Å²) in [5.74, 6) is -0.0712. The van der Waals surface area contributed by atoms with Gasteiger partial charge in [-0.1, -0.05) is 0 Å². The van der Waals surface area contributed by atoms with Crippen molar-refractivity contribution in [1.82, 2.24) is 14.7 Å². The fraction of sp³-hybridized carbons (Fsp3) is 0.714. The van der Waals surface area contributed by atoms with E-state index in [0.717, 1.165) is 5.69 Å². The van der Waals surface area contributed by atoms with Crippen molar-refractivity contribution in [3.05, 3.63) is 17.5 Å². The van der Waals surface area contributed by atoms with E-state index in [9.17, 15) is 21.6 Å². The number of amides is 1. The van der Waals surface area contributed by atoms with Crippen molar-refractivity contribution in [2.75, 3.05) is 30.1 Å². The first-order valence-corrected chi connectivity index (χ1v) is 11.5. The number of carbonyl (C=O) groups excluding carboxylic acids is 1. The lowest BCUT2D eigenvalue weighted by molar-refractivity contribution is 0.0740. The van der Waals surface area contributed by atoms with Crippen molar-refractivity contribution in [3.8, 4) is 0 Å². The second kappa shape index (κ2) is 5.83. The molecule has 0 aromatic carbocycles. The van der Waals surface area contributed by atoms with Crippen LogP contribution in [0.5, 0.6) is 0 Å². The van der Waals surface area contributed by atoms with Gasteiger partial charge in [0.2, 0.25) is 0 Å². The standard InChI is InChI=1S/C14H21N3O5S2/c1-10-7-13(15-17(10)12-4-6-24(21,22)9-12)14(18)16(2)11-3-5-23(19,20)8-11/h7,11-12H,3-6,8-9H2,1-2H3. The van der Waals surface area contributed by atoms with Crippen molar-refractivity contribution >= 4 is 25.6 Å². The SMILES string of the molecule is Cc1cc(C(=O)N(C)C2CCS(=O)(=O)C2)nn1C1CCS(=O)(=O)C1. The molecule has 0 radical (unpaired) electrons. The van der Waals surface area contributed by atoms with Gasteiger partial charge >= 0.3 is 0 Å². The second-order valence-corrected chi connectivity index (χ2v) is 11.1. The zero-order valence-corrected chi connectivity index (χ0v) is 15.3. The van der Waals surface area contributed by atoms with Gasteiger partial charge in [0.15, 0.2) is 25.4 Å². The van der Waals surface area contributed by atoms with Crippen molar-refractivity contribution in [3.63, 3.8) is 0 Å². The molecule has 1 amide bonds. The predicted molar refractivity (Wildman–Crippen MR) is 88.4 cm³/mol. The first kappa shape index (κ1) is 17.4. The molecule has 2 saturated heterocycles. The summed E-state index contributed by atoms with van der Waals surface area (Å²) in [6, 6.07) is 1.06. The first-order chi connectivity index (χ1) is 11.1. The maximum atomic E-state index is 12.6. The first-order valence-electron chi connectivity index (χ1n) is 7.82. The zero-order chi connectivity index (χ0) is 17.7. The van der Waals surface area contributed by atoms with E-state index in [4.69, 9.17) is 0 Å². The van der Waals surface area contributed by atoms with Crippen LogP contribution in [0.1, 0.15) is 35.1 Å². The van der Waals surface area contributed by atoms with Gasteiger partial charge in [-0.3, -0.25) is 9.48 Å². The van der Waals surface area contributed by atoms with Crippen LogP contribution in [0.4, 0.5) is 0 Å². The molecule has 2 aliphatic heterocycles. The summed E-state index contributed by atoms with van der Waals surface area (Å²) in [7, 11) is -4.52. The smallest absolute Gasteiger partial charge is 0.274 e. The zero-order valence-electron chi connectivity index (χ0n) is 13.7. The van der Waals surface area contributed by atoms with Crippen LogP contribution >= 0.6 is 0 Å². The number of sulfone groups is 2. The van der Waals surface area contributed by atoms with E-state index in [0.29, 0.717) is 12.8 Å². The molecule has 2 atom stereocenters. The van der Waals surface area contributed by atoms with Gasteiger partial charge in [-0.25, -0.2) is 16.8 Å². The Bertz CT molecular complexity index is 872. The topological polar surface area (TPSA) is 106 Å². The molecule has 2 unspecified atom stereocenters. The molecule has 1 aromatic rings. The number of carbonyl (C=O) groups is 1. The molecule has 0 N–H and O–H groups in total. The van der Waals surface area contributed by atoms with Gasteiger partial charge in [-0.05, 0) is 25.8 Å². The van der Waals surface area contributed by atoms with Gasteiger partial charge in [0.1, 0.15) is 0 Å². The summed E-state index contributed by atoms with van der Waals surface area (Å²) >= 11 is 0. The molecule has 0 bridgehead atoms. The van der Waals surface area contributed by atoms with Crippen molar-refractivity contribution in [2.45, 2.75) is 31.8 Å². The fourth-order valence-corrected chi connectivity index (χ4v) is 6.82. The molecule has 134 valence electrons.